The summed E-state index contributed by atoms with van der Waals surface area (Å²) in [6.07, 6.45) is 1.56. The maximum atomic E-state index is 9.02. The summed E-state index contributed by atoms with van der Waals surface area (Å²) in [7, 11) is 0. The van der Waals surface area contributed by atoms with Gasteiger partial charge in [-0.15, -0.1) is 0 Å². The molecule has 1 aromatic heterocycles. The highest BCUT2D eigenvalue weighted by atomic mass is 16.5. The van der Waals surface area contributed by atoms with E-state index in [1.165, 1.54) is 0 Å². The molecule has 0 radical (unpaired) electrons. The van der Waals surface area contributed by atoms with Gasteiger partial charge in [-0.2, -0.15) is 5.26 Å². The Morgan fingerprint density at radius 1 is 1.07 bits per heavy atom. The van der Waals surface area contributed by atoms with Crippen LogP contribution in [0.4, 0.5) is 11.5 Å². The van der Waals surface area contributed by atoms with Crippen LogP contribution in [0.1, 0.15) is 16.8 Å². The number of nitrogens with one attached hydrogen (secondary N) is 1. The first-order valence-corrected chi connectivity index (χ1v) is 9.65. The predicted molar refractivity (Wildman–Crippen MR) is 118 cm³/mol. The van der Waals surface area contributed by atoms with Crippen LogP contribution in [0.15, 0.2) is 61.4 Å². The number of aromatic nitrogens is 2. The maximum Gasteiger partial charge on any atom is 0.132 e. The fourth-order valence-electron chi connectivity index (χ4n) is 3.45. The molecule has 3 N–H and O–H groups in total. The highest BCUT2D eigenvalue weighted by Gasteiger charge is 2.16. The predicted octanol–water partition coefficient (Wildman–Crippen LogP) is 3.20. The Morgan fingerprint density at radius 3 is 2.50 bits per heavy atom. The Bertz CT molecular complexity index is 1100. The lowest BCUT2D eigenvalue weighted by atomic mass is 9.96. The molecule has 3 aromatic rings. The third-order valence-corrected chi connectivity index (χ3v) is 5.14. The third-order valence-electron chi connectivity index (χ3n) is 5.14. The minimum atomic E-state index is 0.625. The molecule has 7 nitrogen and oxygen atoms in total. The van der Waals surface area contributed by atoms with E-state index in [0.29, 0.717) is 18.8 Å². The number of ether oxygens (including phenoxy) is 1. The molecule has 0 saturated carbocycles. The van der Waals surface area contributed by atoms with Crippen LogP contribution in [0.2, 0.25) is 0 Å². The summed E-state index contributed by atoms with van der Waals surface area (Å²) < 4.78 is 5.43. The van der Waals surface area contributed by atoms with E-state index in [0.717, 1.165) is 52.6 Å². The molecule has 1 aliphatic heterocycles. The van der Waals surface area contributed by atoms with Crippen LogP contribution in [0.3, 0.4) is 0 Å². The molecule has 7 heteroatoms. The standard InChI is InChI=1S/C23H22N6O/c1-16(22-13-23(27-15-26-22)29-8-10-30-11-9-29)20-12-19(6-7-21(20)28-25)18-4-2-17(14-24)3-5-18/h2-7,12-13,15,28H,1,8-11,25H2. The van der Waals surface area contributed by atoms with Gasteiger partial charge in [0, 0.05) is 30.3 Å². The molecule has 0 bridgehead atoms. The van der Waals surface area contributed by atoms with Gasteiger partial charge in [-0.05, 0) is 35.4 Å². The average molecular weight is 398 g/mol. The topological polar surface area (TPSA) is 100 Å². The highest BCUT2D eigenvalue weighted by Crippen LogP contribution is 2.32. The van der Waals surface area contributed by atoms with Gasteiger partial charge in [0.05, 0.1) is 36.2 Å². The molecule has 4 rings (SSSR count). The van der Waals surface area contributed by atoms with Crippen molar-refractivity contribution in [1.82, 2.24) is 9.97 Å². The van der Waals surface area contributed by atoms with Crippen LogP contribution in [0, 0.1) is 11.3 Å². The van der Waals surface area contributed by atoms with E-state index in [1.807, 2.05) is 36.4 Å². The Labute approximate surface area is 175 Å². The molecule has 2 heterocycles. The zero-order chi connectivity index (χ0) is 20.9. The van der Waals surface area contributed by atoms with Gasteiger partial charge in [0.2, 0.25) is 0 Å². The molecular formula is C23H22N6O. The summed E-state index contributed by atoms with van der Waals surface area (Å²) in [6.45, 7) is 7.25. The van der Waals surface area contributed by atoms with Crippen molar-refractivity contribution in [2.75, 3.05) is 36.6 Å². The Kier molecular flexibility index (Phi) is 5.70. The number of anilines is 2. The van der Waals surface area contributed by atoms with Crippen molar-refractivity contribution in [1.29, 1.82) is 5.26 Å². The van der Waals surface area contributed by atoms with Crippen LogP contribution in [-0.2, 0) is 4.74 Å². The number of hydrazine groups is 1. The molecule has 1 aliphatic rings. The summed E-state index contributed by atoms with van der Waals surface area (Å²) in [5.74, 6) is 6.61. The number of nitrogens with two attached hydrogens (primary N) is 1. The van der Waals surface area contributed by atoms with Crippen LogP contribution in [-0.4, -0.2) is 36.3 Å². The number of morpholine rings is 1. The minimum Gasteiger partial charge on any atom is -0.378 e. The SMILES string of the molecule is C=C(c1cc(N2CCOCC2)ncn1)c1cc(-c2ccc(C#N)cc2)ccc1NN. The Morgan fingerprint density at radius 2 is 1.80 bits per heavy atom. The first-order chi connectivity index (χ1) is 14.7. The number of benzene rings is 2. The Balaban J connectivity index is 1.68. The van der Waals surface area contributed by atoms with Crippen molar-refractivity contribution < 1.29 is 4.74 Å². The first kappa shape index (κ1) is 19.6. The van der Waals surface area contributed by atoms with E-state index in [4.69, 9.17) is 15.8 Å². The Hall–Kier alpha value is -3.73. The lowest BCUT2D eigenvalue weighted by molar-refractivity contribution is 0.122. The number of hydrogen-bond acceptors (Lipinski definition) is 7. The highest BCUT2D eigenvalue weighted by molar-refractivity contribution is 5.86. The molecular weight excluding hydrogens is 376 g/mol. The van der Waals surface area contributed by atoms with Crippen molar-refractivity contribution in [3.63, 3.8) is 0 Å². The fourth-order valence-corrected chi connectivity index (χ4v) is 3.45. The van der Waals surface area contributed by atoms with Crippen LogP contribution in [0.5, 0.6) is 0 Å². The normalized spacial score (nSPS) is 13.5. The number of nitrogen functional groups attached to an aromatic ring is 1. The van der Waals surface area contributed by atoms with E-state index in [9.17, 15) is 0 Å². The summed E-state index contributed by atoms with van der Waals surface area (Å²) in [6, 6.07) is 17.5. The molecule has 0 atom stereocenters. The van der Waals surface area contributed by atoms with E-state index >= 15 is 0 Å². The summed E-state index contributed by atoms with van der Waals surface area (Å²) >= 11 is 0. The van der Waals surface area contributed by atoms with E-state index in [2.05, 4.69) is 32.9 Å². The van der Waals surface area contributed by atoms with Crippen molar-refractivity contribution in [3.8, 4) is 17.2 Å². The summed E-state index contributed by atoms with van der Waals surface area (Å²) in [5.41, 5.74) is 8.46. The van der Waals surface area contributed by atoms with Crippen LogP contribution in [0.25, 0.3) is 16.7 Å². The molecule has 1 saturated heterocycles. The third kappa shape index (κ3) is 4.01. The van der Waals surface area contributed by atoms with E-state index in [-0.39, 0.29) is 0 Å². The minimum absolute atomic E-state index is 0.625. The van der Waals surface area contributed by atoms with Gasteiger partial charge in [-0.1, -0.05) is 24.8 Å². The molecule has 2 aromatic carbocycles. The number of nitrogens with zero attached hydrogens (tertiary/aromatic N) is 4. The van der Waals surface area contributed by atoms with Gasteiger partial charge < -0.3 is 15.1 Å². The zero-order valence-electron chi connectivity index (χ0n) is 16.5. The second-order valence-corrected chi connectivity index (χ2v) is 6.93. The maximum absolute atomic E-state index is 9.02. The van der Waals surface area contributed by atoms with Crippen LogP contribution >= 0.6 is 0 Å². The van der Waals surface area contributed by atoms with Crippen molar-refractivity contribution in [3.05, 3.63) is 78.3 Å². The lowest BCUT2D eigenvalue weighted by Gasteiger charge is -2.28. The molecule has 0 spiro atoms. The van der Waals surface area contributed by atoms with Crippen LogP contribution < -0.4 is 16.2 Å². The quantitative estimate of drug-likeness (QED) is 0.503. The van der Waals surface area contributed by atoms with Gasteiger partial charge in [0.15, 0.2) is 0 Å². The van der Waals surface area contributed by atoms with Gasteiger partial charge in [0.1, 0.15) is 12.1 Å². The van der Waals surface area contributed by atoms with Crippen molar-refractivity contribution >= 4 is 17.1 Å². The van der Waals surface area contributed by atoms with Gasteiger partial charge in [-0.25, -0.2) is 9.97 Å². The van der Waals surface area contributed by atoms with Gasteiger partial charge >= 0.3 is 0 Å². The smallest absolute Gasteiger partial charge is 0.132 e. The lowest BCUT2D eigenvalue weighted by Crippen LogP contribution is -2.36. The average Bonchev–Trinajstić information content (AvgIpc) is 2.84. The fraction of sp³-hybridized carbons (Fsp3) is 0.174. The second kappa shape index (κ2) is 8.74. The molecule has 150 valence electrons. The largest absolute Gasteiger partial charge is 0.378 e. The summed E-state index contributed by atoms with van der Waals surface area (Å²) in [5, 5.41) is 9.02. The molecule has 30 heavy (non-hydrogen) atoms. The first-order valence-electron chi connectivity index (χ1n) is 9.65. The van der Waals surface area contributed by atoms with E-state index in [1.54, 1.807) is 18.5 Å². The number of hydrogen-bond donors (Lipinski definition) is 2. The number of rotatable bonds is 5. The molecule has 0 unspecified atom stereocenters. The second-order valence-electron chi connectivity index (χ2n) is 6.93. The summed E-state index contributed by atoms with van der Waals surface area (Å²) in [4.78, 5) is 11.0. The van der Waals surface area contributed by atoms with Gasteiger partial charge in [-0.3, -0.25) is 5.84 Å². The number of nitriles is 1. The zero-order valence-corrected chi connectivity index (χ0v) is 16.5. The molecule has 0 aliphatic carbocycles. The molecule has 1 fully saturated rings. The van der Waals surface area contributed by atoms with Crippen molar-refractivity contribution in [2.24, 2.45) is 5.84 Å². The van der Waals surface area contributed by atoms with Gasteiger partial charge in [0.25, 0.3) is 0 Å². The van der Waals surface area contributed by atoms with E-state index < -0.39 is 0 Å². The molecule has 0 amide bonds. The van der Waals surface area contributed by atoms with Crippen molar-refractivity contribution in [2.45, 2.75) is 0 Å². The monoisotopic (exact) mass is 398 g/mol.